The first-order valence-corrected chi connectivity index (χ1v) is 8.06. The third kappa shape index (κ3) is 3.43. The Balaban J connectivity index is 1.68. The third-order valence-corrected chi connectivity index (χ3v) is 4.37. The Kier molecular flexibility index (Phi) is 4.43. The van der Waals surface area contributed by atoms with Crippen LogP contribution in [-0.2, 0) is 17.6 Å². The van der Waals surface area contributed by atoms with Crippen molar-refractivity contribution in [3.8, 4) is 6.07 Å². The van der Waals surface area contributed by atoms with Gasteiger partial charge in [-0.3, -0.25) is 4.79 Å². The van der Waals surface area contributed by atoms with E-state index in [1.54, 1.807) is 12.1 Å². The van der Waals surface area contributed by atoms with Gasteiger partial charge in [0.05, 0.1) is 11.6 Å². The number of anilines is 1. The Labute approximate surface area is 137 Å². The van der Waals surface area contributed by atoms with Crippen LogP contribution in [0.25, 0.3) is 0 Å². The number of aryl methyl sites for hydroxylation is 3. The lowest BCUT2D eigenvalue weighted by Crippen LogP contribution is -2.35. The molecule has 0 aliphatic carbocycles. The number of carbonyl (C=O) groups is 1. The molecule has 2 aromatic carbocycles. The van der Waals surface area contributed by atoms with Crippen molar-refractivity contribution in [3.05, 3.63) is 64.7 Å². The first-order valence-electron chi connectivity index (χ1n) is 8.06. The van der Waals surface area contributed by atoms with Crippen molar-refractivity contribution in [3.63, 3.8) is 0 Å². The van der Waals surface area contributed by atoms with Crippen LogP contribution in [0.2, 0.25) is 0 Å². The smallest absolute Gasteiger partial charge is 0.227 e. The maximum Gasteiger partial charge on any atom is 0.227 e. The van der Waals surface area contributed by atoms with Gasteiger partial charge in [0.2, 0.25) is 5.91 Å². The van der Waals surface area contributed by atoms with Gasteiger partial charge < -0.3 is 4.90 Å². The lowest BCUT2D eigenvalue weighted by Gasteiger charge is -2.30. The van der Waals surface area contributed by atoms with Gasteiger partial charge in [0.15, 0.2) is 0 Å². The van der Waals surface area contributed by atoms with Crippen molar-refractivity contribution < 1.29 is 4.79 Å². The van der Waals surface area contributed by atoms with Crippen LogP contribution in [0.4, 0.5) is 5.69 Å². The standard InChI is InChI=1S/C20H20N2O/c1-15-4-10-19-18(13-15)3-2-12-22(19)20(23)11-9-16-5-7-17(14-21)8-6-16/h4-8,10,13H,2-3,9,11-12H2,1H3. The second kappa shape index (κ2) is 6.66. The van der Waals surface area contributed by atoms with E-state index < -0.39 is 0 Å². The zero-order chi connectivity index (χ0) is 16.2. The Bertz CT molecular complexity index is 756. The van der Waals surface area contributed by atoms with E-state index in [1.165, 1.54) is 11.1 Å². The quantitative estimate of drug-likeness (QED) is 0.866. The molecular weight excluding hydrogens is 284 g/mol. The van der Waals surface area contributed by atoms with Crippen LogP contribution in [0.5, 0.6) is 0 Å². The van der Waals surface area contributed by atoms with Gasteiger partial charge in [0.25, 0.3) is 0 Å². The molecule has 0 unspecified atom stereocenters. The maximum atomic E-state index is 12.6. The molecule has 0 atom stereocenters. The molecule has 2 aromatic rings. The van der Waals surface area contributed by atoms with Gasteiger partial charge in [0, 0.05) is 18.7 Å². The Morgan fingerprint density at radius 1 is 1.22 bits per heavy atom. The zero-order valence-corrected chi connectivity index (χ0v) is 13.4. The van der Waals surface area contributed by atoms with Gasteiger partial charge >= 0.3 is 0 Å². The maximum absolute atomic E-state index is 12.6. The Morgan fingerprint density at radius 2 is 2.00 bits per heavy atom. The summed E-state index contributed by atoms with van der Waals surface area (Å²) >= 11 is 0. The van der Waals surface area contributed by atoms with Crippen LogP contribution in [0, 0.1) is 18.3 Å². The van der Waals surface area contributed by atoms with E-state index in [1.807, 2.05) is 17.0 Å². The monoisotopic (exact) mass is 304 g/mol. The molecule has 23 heavy (non-hydrogen) atoms. The number of nitriles is 1. The Hall–Kier alpha value is -2.60. The minimum Gasteiger partial charge on any atom is -0.312 e. The molecule has 0 radical (unpaired) electrons. The second-order valence-electron chi connectivity index (χ2n) is 6.09. The highest BCUT2D eigenvalue weighted by molar-refractivity contribution is 5.94. The predicted octanol–water partition coefficient (Wildman–Crippen LogP) is 3.78. The van der Waals surface area contributed by atoms with Gasteiger partial charge in [-0.2, -0.15) is 5.26 Å². The highest BCUT2D eigenvalue weighted by Gasteiger charge is 2.22. The van der Waals surface area contributed by atoms with Crippen LogP contribution >= 0.6 is 0 Å². The summed E-state index contributed by atoms with van der Waals surface area (Å²) < 4.78 is 0. The van der Waals surface area contributed by atoms with Gasteiger partial charge in [-0.1, -0.05) is 29.8 Å². The predicted molar refractivity (Wildman–Crippen MR) is 91.3 cm³/mol. The molecule has 0 aromatic heterocycles. The molecule has 3 nitrogen and oxygen atoms in total. The van der Waals surface area contributed by atoms with Crippen molar-refractivity contribution >= 4 is 11.6 Å². The van der Waals surface area contributed by atoms with Crippen LogP contribution < -0.4 is 4.90 Å². The van der Waals surface area contributed by atoms with Crippen LogP contribution in [0.1, 0.15) is 35.1 Å². The molecule has 3 heteroatoms. The minimum absolute atomic E-state index is 0.180. The van der Waals surface area contributed by atoms with Gasteiger partial charge in [0.1, 0.15) is 0 Å². The number of hydrogen-bond acceptors (Lipinski definition) is 2. The molecule has 1 aliphatic heterocycles. The Morgan fingerprint density at radius 3 is 2.74 bits per heavy atom. The molecule has 3 rings (SSSR count). The van der Waals surface area contributed by atoms with E-state index >= 15 is 0 Å². The molecule has 116 valence electrons. The average molecular weight is 304 g/mol. The average Bonchev–Trinajstić information content (AvgIpc) is 2.59. The summed E-state index contributed by atoms with van der Waals surface area (Å²) in [5.74, 6) is 0.180. The third-order valence-electron chi connectivity index (χ3n) is 4.37. The summed E-state index contributed by atoms with van der Waals surface area (Å²) in [6, 6.07) is 15.9. The number of amides is 1. The highest BCUT2D eigenvalue weighted by atomic mass is 16.2. The minimum atomic E-state index is 0.180. The number of benzene rings is 2. The summed E-state index contributed by atoms with van der Waals surface area (Å²) in [5, 5.41) is 8.82. The van der Waals surface area contributed by atoms with Crippen LogP contribution in [0.15, 0.2) is 42.5 Å². The fourth-order valence-corrected chi connectivity index (χ4v) is 3.12. The summed E-state index contributed by atoms with van der Waals surface area (Å²) in [4.78, 5) is 14.5. The topological polar surface area (TPSA) is 44.1 Å². The van der Waals surface area contributed by atoms with E-state index in [0.29, 0.717) is 18.4 Å². The highest BCUT2D eigenvalue weighted by Crippen LogP contribution is 2.28. The van der Waals surface area contributed by atoms with Crippen LogP contribution in [-0.4, -0.2) is 12.5 Å². The van der Waals surface area contributed by atoms with Crippen molar-refractivity contribution in [2.24, 2.45) is 0 Å². The van der Waals surface area contributed by atoms with Crippen molar-refractivity contribution in [1.82, 2.24) is 0 Å². The van der Waals surface area contributed by atoms with Gasteiger partial charge in [-0.15, -0.1) is 0 Å². The number of nitrogens with zero attached hydrogens (tertiary/aromatic N) is 2. The summed E-state index contributed by atoms with van der Waals surface area (Å²) in [7, 11) is 0. The molecule has 0 saturated carbocycles. The number of rotatable bonds is 3. The molecular formula is C20H20N2O. The number of fused-ring (bicyclic) bond motifs is 1. The fourth-order valence-electron chi connectivity index (χ4n) is 3.12. The fraction of sp³-hybridized carbons (Fsp3) is 0.300. The number of carbonyl (C=O) groups excluding carboxylic acids is 1. The van der Waals surface area contributed by atoms with E-state index in [0.717, 1.165) is 30.6 Å². The molecule has 0 spiro atoms. The summed E-state index contributed by atoms with van der Waals surface area (Å²) in [6.45, 7) is 2.90. The first-order chi connectivity index (χ1) is 11.2. The molecule has 0 fully saturated rings. The van der Waals surface area contributed by atoms with Gasteiger partial charge in [-0.25, -0.2) is 0 Å². The van der Waals surface area contributed by atoms with Gasteiger partial charge in [-0.05, 0) is 55.5 Å². The van der Waals surface area contributed by atoms with Crippen molar-refractivity contribution in [2.45, 2.75) is 32.6 Å². The molecule has 0 N–H and O–H groups in total. The van der Waals surface area contributed by atoms with E-state index in [-0.39, 0.29) is 5.91 Å². The summed E-state index contributed by atoms with van der Waals surface area (Å²) in [6.07, 6.45) is 3.29. The van der Waals surface area contributed by atoms with E-state index in [9.17, 15) is 4.79 Å². The SMILES string of the molecule is Cc1ccc2c(c1)CCCN2C(=O)CCc1ccc(C#N)cc1. The number of hydrogen-bond donors (Lipinski definition) is 0. The summed E-state index contributed by atoms with van der Waals surface area (Å²) in [5.41, 5.74) is 5.35. The second-order valence-corrected chi connectivity index (χ2v) is 6.09. The van der Waals surface area contributed by atoms with Crippen LogP contribution in [0.3, 0.4) is 0 Å². The molecule has 1 aliphatic rings. The van der Waals surface area contributed by atoms with Crippen molar-refractivity contribution in [2.75, 3.05) is 11.4 Å². The lowest BCUT2D eigenvalue weighted by molar-refractivity contribution is -0.118. The molecule has 0 saturated heterocycles. The molecule has 1 heterocycles. The first kappa shape index (κ1) is 15.3. The van der Waals surface area contributed by atoms with E-state index in [4.69, 9.17) is 5.26 Å². The molecule has 1 amide bonds. The van der Waals surface area contributed by atoms with E-state index in [2.05, 4.69) is 31.2 Å². The largest absolute Gasteiger partial charge is 0.312 e. The van der Waals surface area contributed by atoms with Crippen molar-refractivity contribution in [1.29, 1.82) is 5.26 Å². The normalized spacial score (nSPS) is 13.3. The zero-order valence-electron chi connectivity index (χ0n) is 13.4. The molecule has 0 bridgehead atoms. The lowest BCUT2D eigenvalue weighted by atomic mass is 9.99.